The summed E-state index contributed by atoms with van der Waals surface area (Å²) in [5.41, 5.74) is 0.826. The van der Waals surface area contributed by atoms with Gasteiger partial charge in [0, 0.05) is 22.7 Å². The molecule has 2 aromatic heterocycles. The van der Waals surface area contributed by atoms with Crippen molar-refractivity contribution in [3.8, 4) is 0 Å². The fraction of sp³-hybridized carbons (Fsp3) is 0.0769. The Morgan fingerprint density at radius 1 is 1.33 bits per heavy atom. The Bertz CT molecular complexity index is 701. The molecule has 1 aromatic carbocycles. The number of aromatic nitrogens is 2. The molecule has 0 amide bonds. The standard InChI is InChI=1S/C13H10N2O2S/c16-13(17)12-10(8-15-7-3-6-14-15)9-4-1-2-5-11(9)18-12/h1-7H,8H2,(H,16,17). The first-order valence-corrected chi connectivity index (χ1v) is 6.28. The molecular formula is C13H10N2O2S. The Hall–Kier alpha value is -2.14. The van der Waals surface area contributed by atoms with Gasteiger partial charge in [-0.15, -0.1) is 11.3 Å². The molecule has 0 saturated heterocycles. The lowest BCUT2D eigenvalue weighted by Crippen LogP contribution is -2.04. The van der Waals surface area contributed by atoms with E-state index in [0.29, 0.717) is 11.4 Å². The van der Waals surface area contributed by atoms with Crippen LogP contribution >= 0.6 is 11.3 Å². The summed E-state index contributed by atoms with van der Waals surface area (Å²) in [4.78, 5) is 11.7. The zero-order valence-corrected chi connectivity index (χ0v) is 10.2. The lowest BCUT2D eigenvalue weighted by Gasteiger charge is -2.02. The van der Waals surface area contributed by atoms with Crippen LogP contribution in [0.3, 0.4) is 0 Å². The lowest BCUT2D eigenvalue weighted by atomic mass is 10.1. The van der Waals surface area contributed by atoms with E-state index in [2.05, 4.69) is 5.10 Å². The Balaban J connectivity index is 2.18. The van der Waals surface area contributed by atoms with Crippen molar-refractivity contribution in [1.82, 2.24) is 9.78 Å². The summed E-state index contributed by atoms with van der Waals surface area (Å²) >= 11 is 1.31. The van der Waals surface area contributed by atoms with Crippen LogP contribution in [0.25, 0.3) is 10.1 Å². The van der Waals surface area contributed by atoms with Gasteiger partial charge in [-0.05, 0) is 17.5 Å². The Labute approximate surface area is 107 Å². The van der Waals surface area contributed by atoms with Crippen molar-refractivity contribution < 1.29 is 9.90 Å². The summed E-state index contributed by atoms with van der Waals surface area (Å²) in [6, 6.07) is 9.57. The largest absolute Gasteiger partial charge is 0.477 e. The number of hydrogen-bond donors (Lipinski definition) is 1. The van der Waals surface area contributed by atoms with Crippen molar-refractivity contribution in [3.63, 3.8) is 0 Å². The highest BCUT2D eigenvalue weighted by atomic mass is 32.1. The van der Waals surface area contributed by atoms with Crippen LogP contribution in [0.2, 0.25) is 0 Å². The van der Waals surface area contributed by atoms with Gasteiger partial charge >= 0.3 is 5.97 Å². The smallest absolute Gasteiger partial charge is 0.346 e. The highest BCUT2D eigenvalue weighted by molar-refractivity contribution is 7.21. The second-order valence-electron chi connectivity index (χ2n) is 3.91. The zero-order chi connectivity index (χ0) is 12.5. The summed E-state index contributed by atoms with van der Waals surface area (Å²) in [6.45, 7) is 0.485. The molecule has 0 aliphatic heterocycles. The molecule has 3 aromatic rings. The van der Waals surface area contributed by atoms with Crippen LogP contribution in [0.4, 0.5) is 0 Å². The fourth-order valence-corrected chi connectivity index (χ4v) is 3.04. The first-order chi connectivity index (χ1) is 8.75. The van der Waals surface area contributed by atoms with Crippen LogP contribution in [-0.4, -0.2) is 20.9 Å². The molecule has 90 valence electrons. The van der Waals surface area contributed by atoms with E-state index in [0.717, 1.165) is 15.6 Å². The van der Waals surface area contributed by atoms with E-state index in [1.807, 2.05) is 36.5 Å². The van der Waals surface area contributed by atoms with Gasteiger partial charge < -0.3 is 5.11 Å². The molecule has 0 atom stereocenters. The molecule has 3 rings (SSSR count). The van der Waals surface area contributed by atoms with Gasteiger partial charge in [-0.3, -0.25) is 4.68 Å². The van der Waals surface area contributed by atoms with Gasteiger partial charge in [-0.25, -0.2) is 4.79 Å². The SMILES string of the molecule is O=C(O)c1sc2ccccc2c1Cn1cccn1. The van der Waals surface area contributed by atoms with Crippen LogP contribution in [0.1, 0.15) is 15.2 Å². The second kappa shape index (κ2) is 4.27. The monoisotopic (exact) mass is 258 g/mol. The number of carbonyl (C=O) groups is 1. The van der Waals surface area contributed by atoms with Gasteiger partial charge in [-0.1, -0.05) is 18.2 Å². The molecule has 0 unspecified atom stereocenters. The second-order valence-corrected chi connectivity index (χ2v) is 4.97. The normalized spacial score (nSPS) is 10.9. The van der Waals surface area contributed by atoms with Crippen LogP contribution in [0.5, 0.6) is 0 Å². The highest BCUT2D eigenvalue weighted by Crippen LogP contribution is 2.31. The maximum Gasteiger partial charge on any atom is 0.346 e. The molecule has 0 aliphatic rings. The van der Waals surface area contributed by atoms with Gasteiger partial charge in [0.25, 0.3) is 0 Å². The molecule has 0 saturated carbocycles. The number of fused-ring (bicyclic) bond motifs is 1. The van der Waals surface area contributed by atoms with Gasteiger partial charge in [0.2, 0.25) is 0 Å². The van der Waals surface area contributed by atoms with Gasteiger partial charge in [0.15, 0.2) is 0 Å². The van der Waals surface area contributed by atoms with Crippen molar-refractivity contribution >= 4 is 27.4 Å². The summed E-state index contributed by atoms with van der Waals surface area (Å²) in [5, 5.41) is 14.4. The van der Waals surface area contributed by atoms with E-state index in [1.54, 1.807) is 10.9 Å². The summed E-state index contributed by atoms with van der Waals surface area (Å²) in [7, 11) is 0. The Morgan fingerprint density at radius 2 is 2.17 bits per heavy atom. The maximum absolute atomic E-state index is 11.3. The van der Waals surface area contributed by atoms with Crippen molar-refractivity contribution in [2.45, 2.75) is 6.54 Å². The number of rotatable bonds is 3. The zero-order valence-electron chi connectivity index (χ0n) is 9.41. The number of hydrogen-bond acceptors (Lipinski definition) is 3. The minimum absolute atomic E-state index is 0.395. The quantitative estimate of drug-likeness (QED) is 0.786. The fourth-order valence-electron chi connectivity index (χ4n) is 1.98. The summed E-state index contributed by atoms with van der Waals surface area (Å²) in [5.74, 6) is -0.877. The Morgan fingerprint density at radius 3 is 2.89 bits per heavy atom. The first kappa shape index (κ1) is 11.0. The van der Waals surface area contributed by atoms with Gasteiger partial charge in [-0.2, -0.15) is 5.10 Å². The summed E-state index contributed by atoms with van der Waals surface area (Å²) < 4.78 is 2.73. The number of aromatic carboxylic acids is 1. The van der Waals surface area contributed by atoms with E-state index in [4.69, 9.17) is 0 Å². The molecule has 5 heteroatoms. The third kappa shape index (κ3) is 1.78. The van der Waals surface area contributed by atoms with Crippen molar-refractivity contribution in [1.29, 1.82) is 0 Å². The van der Waals surface area contributed by atoms with E-state index < -0.39 is 5.97 Å². The van der Waals surface area contributed by atoms with Crippen LogP contribution in [0.15, 0.2) is 42.7 Å². The Kier molecular flexibility index (Phi) is 2.60. The van der Waals surface area contributed by atoms with E-state index in [1.165, 1.54) is 11.3 Å². The molecular weight excluding hydrogens is 248 g/mol. The van der Waals surface area contributed by atoms with Gasteiger partial charge in [0.05, 0.1) is 6.54 Å². The first-order valence-electron chi connectivity index (χ1n) is 5.47. The third-order valence-corrected chi connectivity index (χ3v) is 3.97. The molecule has 2 heterocycles. The van der Waals surface area contributed by atoms with Crippen molar-refractivity contribution in [3.05, 3.63) is 53.2 Å². The minimum atomic E-state index is -0.877. The number of benzene rings is 1. The number of nitrogens with zero attached hydrogens (tertiary/aromatic N) is 2. The molecule has 0 radical (unpaired) electrons. The number of thiophene rings is 1. The van der Waals surface area contributed by atoms with Crippen LogP contribution in [0, 0.1) is 0 Å². The van der Waals surface area contributed by atoms with Gasteiger partial charge in [0.1, 0.15) is 4.88 Å². The van der Waals surface area contributed by atoms with Crippen LogP contribution in [-0.2, 0) is 6.54 Å². The average Bonchev–Trinajstić information content (AvgIpc) is 2.98. The van der Waals surface area contributed by atoms with Crippen molar-refractivity contribution in [2.75, 3.05) is 0 Å². The molecule has 1 N–H and O–H groups in total. The highest BCUT2D eigenvalue weighted by Gasteiger charge is 2.17. The van der Waals surface area contributed by atoms with E-state index in [9.17, 15) is 9.90 Å². The lowest BCUT2D eigenvalue weighted by molar-refractivity contribution is 0.0701. The summed E-state index contributed by atoms with van der Waals surface area (Å²) in [6.07, 6.45) is 3.52. The predicted octanol–water partition coefficient (Wildman–Crippen LogP) is 2.84. The molecule has 18 heavy (non-hydrogen) atoms. The number of carboxylic acid groups (broad SMARTS) is 1. The van der Waals surface area contributed by atoms with E-state index in [-0.39, 0.29) is 0 Å². The number of carboxylic acids is 1. The third-order valence-electron chi connectivity index (χ3n) is 2.77. The molecule has 0 fully saturated rings. The van der Waals surface area contributed by atoms with Crippen LogP contribution < -0.4 is 0 Å². The maximum atomic E-state index is 11.3. The molecule has 0 spiro atoms. The molecule has 0 bridgehead atoms. The predicted molar refractivity (Wildman–Crippen MR) is 70.1 cm³/mol. The topological polar surface area (TPSA) is 55.1 Å². The average molecular weight is 258 g/mol. The molecule has 4 nitrogen and oxygen atoms in total. The van der Waals surface area contributed by atoms with Crippen molar-refractivity contribution in [2.24, 2.45) is 0 Å². The van der Waals surface area contributed by atoms with E-state index >= 15 is 0 Å². The molecule has 0 aliphatic carbocycles. The minimum Gasteiger partial charge on any atom is -0.477 e.